The zero-order valence-corrected chi connectivity index (χ0v) is 17.3. The summed E-state index contributed by atoms with van der Waals surface area (Å²) in [5.41, 5.74) is 1.41. The molecule has 0 saturated carbocycles. The molecule has 0 aliphatic heterocycles. The van der Waals surface area contributed by atoms with Gasteiger partial charge in [0.25, 0.3) is 0 Å². The lowest BCUT2D eigenvalue weighted by Crippen LogP contribution is -2.24. The Balaban J connectivity index is 1.41. The lowest BCUT2D eigenvalue weighted by molar-refractivity contribution is -0.120. The quantitative estimate of drug-likeness (QED) is 0.511. The maximum absolute atomic E-state index is 12.0. The first-order valence-corrected chi connectivity index (χ1v) is 11.1. The Labute approximate surface area is 174 Å². The van der Waals surface area contributed by atoms with E-state index in [-0.39, 0.29) is 24.0 Å². The van der Waals surface area contributed by atoms with Crippen molar-refractivity contribution in [2.75, 3.05) is 11.1 Å². The van der Waals surface area contributed by atoms with E-state index in [1.807, 2.05) is 22.9 Å². The number of carbonyl (C=O) groups is 2. The van der Waals surface area contributed by atoms with Gasteiger partial charge >= 0.3 is 0 Å². The van der Waals surface area contributed by atoms with Crippen LogP contribution in [0.4, 0.5) is 5.69 Å². The van der Waals surface area contributed by atoms with E-state index in [1.54, 1.807) is 35.6 Å². The van der Waals surface area contributed by atoms with Gasteiger partial charge < -0.3 is 10.6 Å². The zero-order chi connectivity index (χ0) is 19.1. The Morgan fingerprint density at radius 1 is 1.11 bits per heavy atom. The van der Waals surface area contributed by atoms with Crippen molar-refractivity contribution in [3.8, 4) is 0 Å². The van der Waals surface area contributed by atoms with Crippen LogP contribution in [0.1, 0.15) is 10.6 Å². The molecule has 0 atom stereocenters. The summed E-state index contributed by atoms with van der Waals surface area (Å²) in [6, 6.07) is 10.9. The molecule has 0 bridgehead atoms. The molecule has 2 N–H and O–H groups in total. The number of aromatic nitrogens is 1. The molecule has 0 unspecified atom stereocenters. The summed E-state index contributed by atoms with van der Waals surface area (Å²) in [5.74, 6) is 0.0682. The Morgan fingerprint density at radius 3 is 2.67 bits per heavy atom. The molecule has 0 radical (unpaired) electrons. The normalized spacial score (nSPS) is 10.6. The Kier molecular flexibility index (Phi) is 7.28. The maximum Gasteiger partial charge on any atom is 0.234 e. The SMILES string of the molecule is O=C(Cc1csc(SCC(=O)Nc2ccc(Cl)cc2)n1)NCc1cccs1. The van der Waals surface area contributed by atoms with E-state index in [0.717, 1.165) is 9.22 Å². The molecule has 3 rings (SSSR count). The second-order valence-corrected chi connectivity index (χ2v) is 9.03. The van der Waals surface area contributed by atoms with Crippen LogP contribution in [0.3, 0.4) is 0 Å². The molecule has 0 saturated heterocycles. The van der Waals surface area contributed by atoms with E-state index in [9.17, 15) is 9.59 Å². The van der Waals surface area contributed by atoms with Crippen molar-refractivity contribution in [2.24, 2.45) is 0 Å². The van der Waals surface area contributed by atoms with Crippen LogP contribution < -0.4 is 10.6 Å². The van der Waals surface area contributed by atoms with Crippen LogP contribution >= 0.6 is 46.0 Å². The van der Waals surface area contributed by atoms with Crippen LogP contribution in [0.5, 0.6) is 0 Å². The topological polar surface area (TPSA) is 71.1 Å². The molecule has 140 valence electrons. The molecule has 1 aromatic carbocycles. The van der Waals surface area contributed by atoms with Gasteiger partial charge in [0, 0.05) is 21.0 Å². The van der Waals surface area contributed by atoms with Crippen LogP contribution in [-0.2, 0) is 22.6 Å². The number of thioether (sulfide) groups is 1. The largest absolute Gasteiger partial charge is 0.351 e. The number of anilines is 1. The lowest BCUT2D eigenvalue weighted by Gasteiger charge is -2.04. The van der Waals surface area contributed by atoms with Gasteiger partial charge in [0.05, 0.1) is 24.4 Å². The smallest absolute Gasteiger partial charge is 0.234 e. The minimum absolute atomic E-state index is 0.0641. The molecule has 5 nitrogen and oxygen atoms in total. The number of benzene rings is 1. The highest BCUT2D eigenvalue weighted by atomic mass is 35.5. The summed E-state index contributed by atoms with van der Waals surface area (Å²) >= 11 is 10.2. The number of amides is 2. The van der Waals surface area contributed by atoms with Gasteiger partial charge in [-0.1, -0.05) is 29.4 Å². The van der Waals surface area contributed by atoms with Gasteiger partial charge in [-0.25, -0.2) is 4.98 Å². The van der Waals surface area contributed by atoms with Crippen molar-refractivity contribution in [1.29, 1.82) is 0 Å². The zero-order valence-electron chi connectivity index (χ0n) is 14.1. The molecular formula is C18H16ClN3O2S3. The highest BCUT2D eigenvalue weighted by Gasteiger charge is 2.10. The van der Waals surface area contributed by atoms with Gasteiger partial charge in [0.1, 0.15) is 0 Å². The number of hydrogen-bond acceptors (Lipinski definition) is 6. The van der Waals surface area contributed by atoms with E-state index >= 15 is 0 Å². The fourth-order valence-corrected chi connectivity index (χ4v) is 4.53. The van der Waals surface area contributed by atoms with Gasteiger partial charge in [-0.3, -0.25) is 9.59 Å². The van der Waals surface area contributed by atoms with Crippen LogP contribution in [0.15, 0.2) is 51.5 Å². The third kappa shape index (κ3) is 6.66. The third-order valence-corrected chi connectivity index (χ3v) is 6.57. The van der Waals surface area contributed by atoms with Crippen molar-refractivity contribution in [2.45, 2.75) is 17.3 Å². The molecule has 2 amide bonds. The predicted octanol–water partition coefficient (Wildman–Crippen LogP) is 4.45. The molecule has 0 aliphatic rings. The van der Waals surface area contributed by atoms with Crippen molar-refractivity contribution < 1.29 is 9.59 Å². The number of carbonyl (C=O) groups excluding carboxylic acids is 2. The first-order valence-electron chi connectivity index (χ1n) is 8.00. The summed E-state index contributed by atoms with van der Waals surface area (Å²) in [5, 5.41) is 10.1. The number of halogens is 1. The van der Waals surface area contributed by atoms with Gasteiger partial charge in [-0.05, 0) is 35.7 Å². The fourth-order valence-electron chi connectivity index (χ4n) is 2.12. The average Bonchev–Trinajstić information content (AvgIpc) is 3.32. The Morgan fingerprint density at radius 2 is 1.93 bits per heavy atom. The lowest BCUT2D eigenvalue weighted by atomic mass is 10.3. The van der Waals surface area contributed by atoms with Gasteiger partial charge in [0.2, 0.25) is 11.8 Å². The van der Waals surface area contributed by atoms with Gasteiger partial charge in [-0.15, -0.1) is 22.7 Å². The molecular weight excluding hydrogens is 422 g/mol. The minimum atomic E-state index is -0.118. The van der Waals surface area contributed by atoms with Crippen molar-refractivity contribution in [3.63, 3.8) is 0 Å². The molecule has 9 heteroatoms. The number of rotatable bonds is 8. The first kappa shape index (κ1) is 19.9. The average molecular weight is 438 g/mol. The van der Waals surface area contributed by atoms with Crippen molar-refractivity contribution in [1.82, 2.24) is 10.3 Å². The van der Waals surface area contributed by atoms with E-state index in [0.29, 0.717) is 22.9 Å². The standard InChI is InChI=1S/C18H16ClN3O2S3/c19-12-3-5-13(6-4-12)21-17(24)11-27-18-22-14(10-26-18)8-16(23)20-9-15-2-1-7-25-15/h1-7,10H,8-9,11H2,(H,20,23)(H,21,24). The van der Waals surface area contributed by atoms with Gasteiger partial charge in [0.15, 0.2) is 4.34 Å². The molecule has 0 spiro atoms. The molecule has 2 heterocycles. The number of thiazole rings is 1. The third-order valence-electron chi connectivity index (χ3n) is 3.37. The van der Waals surface area contributed by atoms with Crippen LogP contribution in [-0.4, -0.2) is 22.6 Å². The molecule has 3 aromatic rings. The molecule has 27 heavy (non-hydrogen) atoms. The van der Waals surface area contributed by atoms with Crippen molar-refractivity contribution in [3.05, 3.63) is 62.8 Å². The molecule has 0 aliphatic carbocycles. The highest BCUT2D eigenvalue weighted by Crippen LogP contribution is 2.23. The number of nitrogens with zero attached hydrogens (tertiary/aromatic N) is 1. The summed E-state index contributed by atoms with van der Waals surface area (Å²) in [6.07, 6.45) is 0.236. The monoisotopic (exact) mass is 437 g/mol. The van der Waals surface area contributed by atoms with E-state index in [1.165, 1.54) is 23.1 Å². The van der Waals surface area contributed by atoms with Crippen LogP contribution in [0.2, 0.25) is 5.02 Å². The van der Waals surface area contributed by atoms with E-state index < -0.39 is 0 Å². The first-order chi connectivity index (χ1) is 13.1. The summed E-state index contributed by atoms with van der Waals surface area (Å²) in [7, 11) is 0. The Hall–Kier alpha value is -1.87. The second-order valence-electron chi connectivity index (χ2n) is 5.48. The second kappa shape index (κ2) is 9.89. The minimum Gasteiger partial charge on any atom is -0.351 e. The summed E-state index contributed by atoms with van der Waals surface area (Å²) < 4.78 is 0.766. The van der Waals surface area contributed by atoms with Crippen LogP contribution in [0.25, 0.3) is 0 Å². The van der Waals surface area contributed by atoms with Gasteiger partial charge in [-0.2, -0.15) is 0 Å². The summed E-state index contributed by atoms with van der Waals surface area (Å²) in [4.78, 5) is 29.5. The fraction of sp³-hybridized carbons (Fsp3) is 0.167. The van der Waals surface area contributed by atoms with Crippen LogP contribution in [0, 0.1) is 0 Å². The Bertz CT molecular complexity index is 895. The number of thiophene rings is 1. The maximum atomic E-state index is 12.0. The van der Waals surface area contributed by atoms with Crippen molar-refractivity contribution >= 4 is 63.5 Å². The predicted molar refractivity (Wildman–Crippen MR) is 113 cm³/mol. The number of hydrogen-bond donors (Lipinski definition) is 2. The summed E-state index contributed by atoms with van der Waals surface area (Å²) in [6.45, 7) is 0.535. The van der Waals surface area contributed by atoms with E-state index in [4.69, 9.17) is 11.6 Å². The number of nitrogens with one attached hydrogen (secondary N) is 2. The molecule has 2 aromatic heterocycles. The molecule has 0 fully saturated rings. The highest BCUT2D eigenvalue weighted by molar-refractivity contribution is 8.01. The van der Waals surface area contributed by atoms with E-state index in [2.05, 4.69) is 15.6 Å².